The molecule has 21 heavy (non-hydrogen) atoms. The summed E-state index contributed by atoms with van der Waals surface area (Å²) in [5, 5.41) is 16.7. The predicted octanol–water partition coefficient (Wildman–Crippen LogP) is 1.86. The molecule has 114 valence electrons. The molecule has 3 N–H and O–H groups in total. The van der Waals surface area contributed by atoms with Gasteiger partial charge in [0, 0.05) is 19.0 Å². The van der Waals surface area contributed by atoms with E-state index in [-0.39, 0.29) is 0 Å². The van der Waals surface area contributed by atoms with Gasteiger partial charge in [-0.25, -0.2) is 0 Å². The van der Waals surface area contributed by atoms with Gasteiger partial charge in [-0.15, -0.1) is 0 Å². The zero-order chi connectivity index (χ0) is 14.9. The molecule has 1 aliphatic rings. The summed E-state index contributed by atoms with van der Waals surface area (Å²) in [5.41, 5.74) is 1.14. The third kappa shape index (κ3) is 5.60. The Morgan fingerprint density at radius 3 is 2.67 bits per heavy atom. The molecule has 1 unspecified atom stereocenters. The Morgan fingerprint density at radius 1 is 1.29 bits per heavy atom. The molecule has 1 aliphatic carbocycles. The van der Waals surface area contributed by atoms with Crippen molar-refractivity contribution < 1.29 is 5.11 Å². The molecule has 1 atom stereocenters. The van der Waals surface area contributed by atoms with Gasteiger partial charge in [0.25, 0.3) is 0 Å². The topological polar surface area (TPSA) is 56.7 Å². The standard InChI is InChI=1S/C17H25N3O/c1-2-18-17(20-15-10-6-7-11-15)19-13-16(21)12-14-8-4-3-5-9-14/h3-9,15-16,21H,2,10-13H2,1H3,(H2,18,19,20). The Labute approximate surface area is 127 Å². The first kappa shape index (κ1) is 15.6. The summed E-state index contributed by atoms with van der Waals surface area (Å²) in [5.74, 6) is 0.790. The molecule has 2 rings (SSSR count). The molecule has 1 aromatic carbocycles. The van der Waals surface area contributed by atoms with E-state index < -0.39 is 6.10 Å². The summed E-state index contributed by atoms with van der Waals surface area (Å²) in [4.78, 5) is 4.49. The van der Waals surface area contributed by atoms with Crippen molar-refractivity contribution in [1.29, 1.82) is 0 Å². The lowest BCUT2D eigenvalue weighted by molar-refractivity contribution is 0.183. The Bertz CT molecular complexity index is 462. The summed E-state index contributed by atoms with van der Waals surface area (Å²) in [6.45, 7) is 3.27. The van der Waals surface area contributed by atoms with E-state index in [4.69, 9.17) is 0 Å². The fourth-order valence-electron chi connectivity index (χ4n) is 2.40. The van der Waals surface area contributed by atoms with Crippen LogP contribution in [0.5, 0.6) is 0 Å². The lowest BCUT2D eigenvalue weighted by Gasteiger charge is -2.17. The molecule has 0 bridgehead atoms. The number of nitrogens with zero attached hydrogens (tertiary/aromatic N) is 1. The Kier molecular flexibility index (Phi) is 6.28. The number of nitrogens with one attached hydrogen (secondary N) is 2. The summed E-state index contributed by atoms with van der Waals surface area (Å²) >= 11 is 0. The van der Waals surface area contributed by atoms with Gasteiger partial charge in [-0.2, -0.15) is 0 Å². The van der Waals surface area contributed by atoms with Crippen molar-refractivity contribution in [2.75, 3.05) is 13.1 Å². The molecule has 0 spiro atoms. The van der Waals surface area contributed by atoms with Crippen LogP contribution in [0.4, 0.5) is 0 Å². The van der Waals surface area contributed by atoms with E-state index in [2.05, 4.69) is 27.8 Å². The number of rotatable bonds is 6. The van der Waals surface area contributed by atoms with Crippen molar-refractivity contribution >= 4 is 5.96 Å². The fraction of sp³-hybridized carbons (Fsp3) is 0.471. The summed E-state index contributed by atoms with van der Waals surface area (Å²) in [6.07, 6.45) is 6.63. The number of aliphatic imine (C=N–C) groups is 1. The Hall–Kier alpha value is -1.81. The largest absolute Gasteiger partial charge is 0.391 e. The fourth-order valence-corrected chi connectivity index (χ4v) is 2.40. The Balaban J connectivity index is 1.82. The van der Waals surface area contributed by atoms with Gasteiger partial charge in [0.15, 0.2) is 5.96 Å². The smallest absolute Gasteiger partial charge is 0.191 e. The van der Waals surface area contributed by atoms with E-state index >= 15 is 0 Å². The average Bonchev–Trinajstić information content (AvgIpc) is 2.99. The van der Waals surface area contributed by atoms with Gasteiger partial charge >= 0.3 is 0 Å². The van der Waals surface area contributed by atoms with E-state index in [0.717, 1.165) is 30.9 Å². The van der Waals surface area contributed by atoms with Crippen molar-refractivity contribution in [2.45, 2.75) is 38.3 Å². The molecular weight excluding hydrogens is 262 g/mol. The van der Waals surface area contributed by atoms with Gasteiger partial charge in [-0.1, -0.05) is 42.5 Å². The first-order valence-corrected chi connectivity index (χ1v) is 7.69. The van der Waals surface area contributed by atoms with Gasteiger partial charge in [0.05, 0.1) is 12.6 Å². The quantitative estimate of drug-likeness (QED) is 0.425. The highest BCUT2D eigenvalue weighted by atomic mass is 16.3. The minimum Gasteiger partial charge on any atom is -0.391 e. The molecule has 0 fully saturated rings. The number of guanidine groups is 1. The molecule has 0 saturated carbocycles. The second kappa shape index (κ2) is 8.47. The molecule has 0 aliphatic heterocycles. The maximum absolute atomic E-state index is 10.1. The van der Waals surface area contributed by atoms with E-state index in [1.54, 1.807) is 0 Å². The normalized spacial score (nSPS) is 17.0. The number of aliphatic hydroxyl groups is 1. The van der Waals surface area contributed by atoms with E-state index in [9.17, 15) is 5.11 Å². The van der Waals surface area contributed by atoms with Crippen LogP contribution in [0.15, 0.2) is 47.5 Å². The number of aliphatic hydroxyl groups excluding tert-OH is 1. The van der Waals surface area contributed by atoms with Gasteiger partial charge in [-0.3, -0.25) is 4.99 Å². The lowest BCUT2D eigenvalue weighted by atomic mass is 10.1. The highest BCUT2D eigenvalue weighted by molar-refractivity contribution is 5.80. The first-order chi connectivity index (χ1) is 10.3. The molecular formula is C17H25N3O. The highest BCUT2D eigenvalue weighted by Gasteiger charge is 2.12. The van der Waals surface area contributed by atoms with E-state index in [1.165, 1.54) is 0 Å². The van der Waals surface area contributed by atoms with Crippen LogP contribution >= 0.6 is 0 Å². The number of hydrogen-bond donors (Lipinski definition) is 3. The molecule has 1 aromatic rings. The van der Waals surface area contributed by atoms with Gasteiger partial charge in [0.1, 0.15) is 0 Å². The van der Waals surface area contributed by atoms with Gasteiger partial charge < -0.3 is 15.7 Å². The lowest BCUT2D eigenvalue weighted by Crippen LogP contribution is -2.43. The van der Waals surface area contributed by atoms with Crippen LogP contribution in [-0.4, -0.2) is 36.3 Å². The van der Waals surface area contributed by atoms with Crippen LogP contribution < -0.4 is 10.6 Å². The monoisotopic (exact) mass is 287 g/mol. The molecule has 0 heterocycles. The maximum atomic E-state index is 10.1. The summed E-state index contributed by atoms with van der Waals surface area (Å²) in [6, 6.07) is 10.4. The Morgan fingerprint density at radius 2 is 2.00 bits per heavy atom. The van der Waals surface area contributed by atoms with Crippen molar-refractivity contribution in [3.63, 3.8) is 0 Å². The number of hydrogen-bond acceptors (Lipinski definition) is 2. The van der Waals surface area contributed by atoms with Crippen LogP contribution in [0.25, 0.3) is 0 Å². The van der Waals surface area contributed by atoms with Crippen LogP contribution in [0.1, 0.15) is 25.3 Å². The molecule has 4 heteroatoms. The first-order valence-electron chi connectivity index (χ1n) is 7.69. The van der Waals surface area contributed by atoms with Crippen molar-refractivity contribution in [2.24, 2.45) is 4.99 Å². The molecule has 0 saturated heterocycles. The van der Waals surface area contributed by atoms with E-state index in [1.807, 2.05) is 37.3 Å². The van der Waals surface area contributed by atoms with Crippen LogP contribution in [0.2, 0.25) is 0 Å². The second-order valence-electron chi connectivity index (χ2n) is 5.35. The molecule has 4 nitrogen and oxygen atoms in total. The van der Waals surface area contributed by atoms with Crippen molar-refractivity contribution in [3.8, 4) is 0 Å². The maximum Gasteiger partial charge on any atom is 0.191 e. The predicted molar refractivity (Wildman–Crippen MR) is 87.4 cm³/mol. The van der Waals surface area contributed by atoms with Crippen molar-refractivity contribution in [1.82, 2.24) is 10.6 Å². The molecule has 0 amide bonds. The van der Waals surface area contributed by atoms with Crippen LogP contribution in [-0.2, 0) is 6.42 Å². The third-order valence-electron chi connectivity index (χ3n) is 3.47. The van der Waals surface area contributed by atoms with E-state index in [0.29, 0.717) is 19.0 Å². The molecule has 0 aromatic heterocycles. The van der Waals surface area contributed by atoms with Gasteiger partial charge in [0.2, 0.25) is 0 Å². The SMILES string of the molecule is CCNC(=NCC(O)Cc1ccccc1)NC1CC=CC1. The highest BCUT2D eigenvalue weighted by Crippen LogP contribution is 2.09. The zero-order valence-corrected chi connectivity index (χ0v) is 12.6. The van der Waals surface area contributed by atoms with Crippen LogP contribution in [0.3, 0.4) is 0 Å². The van der Waals surface area contributed by atoms with Gasteiger partial charge in [-0.05, 0) is 25.3 Å². The second-order valence-corrected chi connectivity index (χ2v) is 5.35. The average molecular weight is 287 g/mol. The molecule has 0 radical (unpaired) electrons. The zero-order valence-electron chi connectivity index (χ0n) is 12.6. The third-order valence-corrected chi connectivity index (χ3v) is 3.47. The minimum absolute atomic E-state index is 0.407. The number of benzene rings is 1. The van der Waals surface area contributed by atoms with Crippen LogP contribution in [0, 0.1) is 0 Å². The summed E-state index contributed by atoms with van der Waals surface area (Å²) in [7, 11) is 0. The minimum atomic E-state index is -0.454. The van der Waals surface area contributed by atoms with Crippen molar-refractivity contribution in [3.05, 3.63) is 48.0 Å². The summed E-state index contributed by atoms with van der Waals surface area (Å²) < 4.78 is 0.